The fraction of sp³-hybridized carbons (Fsp3) is 0.429. The lowest BCUT2D eigenvalue weighted by molar-refractivity contribution is -0.136. The average Bonchev–Trinajstić information content (AvgIpc) is 2.63. The molecular weight excluding hydrogens is 230 g/mol. The summed E-state index contributed by atoms with van der Waals surface area (Å²) in [6, 6.07) is 7.48. The number of benzene rings is 1. The predicted molar refractivity (Wildman–Crippen MR) is 65.0 cm³/mol. The van der Waals surface area contributed by atoms with Gasteiger partial charge in [-0.2, -0.15) is 0 Å². The second kappa shape index (κ2) is 3.83. The quantitative estimate of drug-likeness (QED) is 0.653. The zero-order valence-electron chi connectivity index (χ0n) is 10.3. The Morgan fingerprint density at radius 2 is 2.17 bits per heavy atom. The third-order valence-electron chi connectivity index (χ3n) is 3.83. The van der Waals surface area contributed by atoms with E-state index in [1.807, 2.05) is 18.2 Å². The van der Waals surface area contributed by atoms with E-state index < -0.39 is 5.60 Å². The summed E-state index contributed by atoms with van der Waals surface area (Å²) < 4.78 is 5.61. The van der Waals surface area contributed by atoms with Gasteiger partial charge in [0.25, 0.3) is 0 Å². The molecule has 2 aliphatic rings. The Labute approximate surface area is 106 Å². The molecule has 0 N–H and O–H groups in total. The van der Waals surface area contributed by atoms with Crippen LogP contribution < -0.4 is 0 Å². The number of hydrogen-bond acceptors (Lipinski definition) is 3. The molecule has 0 radical (unpaired) electrons. The highest BCUT2D eigenvalue weighted by Crippen LogP contribution is 2.42. The van der Waals surface area contributed by atoms with Crippen molar-refractivity contribution in [2.75, 3.05) is 13.1 Å². The van der Waals surface area contributed by atoms with Crippen LogP contribution in [-0.4, -0.2) is 29.9 Å². The first-order chi connectivity index (χ1) is 8.62. The van der Waals surface area contributed by atoms with Crippen molar-refractivity contribution in [3.8, 4) is 0 Å². The van der Waals surface area contributed by atoms with Crippen molar-refractivity contribution in [2.24, 2.45) is 0 Å². The molecule has 0 aliphatic carbocycles. The highest BCUT2D eigenvalue weighted by atomic mass is 16.6. The van der Waals surface area contributed by atoms with Gasteiger partial charge in [-0.05, 0) is 18.9 Å². The number of nitrogens with zero attached hydrogens (tertiary/aromatic N) is 1. The molecule has 2 heterocycles. The molecule has 4 nitrogen and oxygen atoms in total. The smallest absolute Gasteiger partial charge is 0.339 e. The molecule has 4 heteroatoms. The van der Waals surface area contributed by atoms with Crippen molar-refractivity contribution in [1.82, 2.24) is 4.90 Å². The van der Waals surface area contributed by atoms with Gasteiger partial charge >= 0.3 is 5.97 Å². The Hall–Kier alpha value is -1.84. The summed E-state index contributed by atoms with van der Waals surface area (Å²) in [5, 5.41) is 0. The van der Waals surface area contributed by atoms with E-state index in [4.69, 9.17) is 4.74 Å². The number of fused-ring (bicyclic) bond motifs is 2. The predicted octanol–water partition coefficient (Wildman–Crippen LogP) is 1.69. The molecule has 1 spiro atoms. The number of amides is 1. The number of carbonyl (C=O) groups is 2. The van der Waals surface area contributed by atoms with Crippen LogP contribution in [0.1, 0.15) is 35.7 Å². The first kappa shape index (κ1) is 11.3. The van der Waals surface area contributed by atoms with Crippen LogP contribution in [0.15, 0.2) is 24.3 Å². The second-order valence-corrected chi connectivity index (χ2v) is 4.97. The Bertz CT molecular complexity index is 526. The van der Waals surface area contributed by atoms with Gasteiger partial charge in [0.05, 0.1) is 12.1 Å². The first-order valence-corrected chi connectivity index (χ1v) is 6.21. The average molecular weight is 245 g/mol. The van der Waals surface area contributed by atoms with Crippen molar-refractivity contribution in [3.63, 3.8) is 0 Å². The van der Waals surface area contributed by atoms with Gasteiger partial charge in [-0.1, -0.05) is 18.2 Å². The van der Waals surface area contributed by atoms with E-state index in [9.17, 15) is 9.59 Å². The summed E-state index contributed by atoms with van der Waals surface area (Å²) in [7, 11) is 0. The molecule has 1 saturated heterocycles. The van der Waals surface area contributed by atoms with Gasteiger partial charge in [-0.25, -0.2) is 4.79 Å². The SMILES string of the molecule is CC(=O)N1CCCC2(C1)OC(=O)c1ccccc12. The molecule has 1 aromatic rings. The minimum absolute atomic E-state index is 0.0366. The maximum Gasteiger partial charge on any atom is 0.339 e. The first-order valence-electron chi connectivity index (χ1n) is 6.21. The van der Waals surface area contributed by atoms with Crippen LogP contribution in [0, 0.1) is 0 Å². The van der Waals surface area contributed by atoms with E-state index in [0.717, 1.165) is 24.9 Å². The molecule has 3 rings (SSSR count). The monoisotopic (exact) mass is 245 g/mol. The number of rotatable bonds is 0. The molecular formula is C14H15NO3. The van der Waals surface area contributed by atoms with Crippen LogP contribution >= 0.6 is 0 Å². The van der Waals surface area contributed by atoms with Crippen molar-refractivity contribution in [1.29, 1.82) is 0 Å². The van der Waals surface area contributed by atoms with Crippen LogP contribution in [0.5, 0.6) is 0 Å². The van der Waals surface area contributed by atoms with Gasteiger partial charge in [0.15, 0.2) is 5.60 Å². The lowest BCUT2D eigenvalue weighted by atomic mass is 9.85. The van der Waals surface area contributed by atoms with Crippen LogP contribution in [0.25, 0.3) is 0 Å². The molecule has 94 valence electrons. The van der Waals surface area contributed by atoms with Crippen molar-refractivity contribution >= 4 is 11.9 Å². The lowest BCUT2D eigenvalue weighted by Gasteiger charge is -2.39. The van der Waals surface area contributed by atoms with Crippen molar-refractivity contribution in [2.45, 2.75) is 25.4 Å². The van der Waals surface area contributed by atoms with E-state index in [1.54, 1.807) is 17.9 Å². The number of ether oxygens (including phenoxy) is 1. The van der Waals surface area contributed by atoms with E-state index >= 15 is 0 Å². The Morgan fingerprint density at radius 1 is 1.39 bits per heavy atom. The summed E-state index contributed by atoms with van der Waals surface area (Å²) in [5.74, 6) is -0.231. The summed E-state index contributed by atoms with van der Waals surface area (Å²) >= 11 is 0. The molecule has 18 heavy (non-hydrogen) atoms. The van der Waals surface area contributed by atoms with E-state index in [-0.39, 0.29) is 11.9 Å². The Morgan fingerprint density at radius 3 is 2.94 bits per heavy atom. The van der Waals surface area contributed by atoms with Gasteiger partial charge in [-0.15, -0.1) is 0 Å². The van der Waals surface area contributed by atoms with Crippen LogP contribution in [0.2, 0.25) is 0 Å². The summed E-state index contributed by atoms with van der Waals surface area (Å²) in [6.07, 6.45) is 1.65. The second-order valence-electron chi connectivity index (χ2n) is 4.97. The van der Waals surface area contributed by atoms with E-state index in [0.29, 0.717) is 12.1 Å². The summed E-state index contributed by atoms with van der Waals surface area (Å²) in [5.41, 5.74) is 0.960. The van der Waals surface area contributed by atoms with Gasteiger partial charge in [0, 0.05) is 19.0 Å². The standard InChI is InChI=1S/C14H15NO3/c1-10(16)15-8-4-7-14(9-15)12-6-3-2-5-11(12)13(17)18-14/h2-3,5-6H,4,7-9H2,1H3. The zero-order valence-corrected chi connectivity index (χ0v) is 10.3. The summed E-state index contributed by atoms with van der Waals surface area (Å²) in [4.78, 5) is 25.2. The molecule has 1 atom stereocenters. The number of piperidine rings is 1. The molecule has 0 aromatic heterocycles. The maximum atomic E-state index is 11.9. The van der Waals surface area contributed by atoms with E-state index in [1.165, 1.54) is 0 Å². The van der Waals surface area contributed by atoms with Gasteiger partial charge < -0.3 is 9.64 Å². The number of likely N-dealkylation sites (tertiary alicyclic amines) is 1. The lowest BCUT2D eigenvalue weighted by Crippen LogP contribution is -2.48. The molecule has 1 unspecified atom stereocenters. The number of esters is 1. The largest absolute Gasteiger partial charge is 0.449 e. The molecule has 2 aliphatic heterocycles. The highest BCUT2D eigenvalue weighted by molar-refractivity contribution is 5.94. The van der Waals surface area contributed by atoms with Crippen LogP contribution in [0.4, 0.5) is 0 Å². The summed E-state index contributed by atoms with van der Waals surface area (Å²) in [6.45, 7) is 2.78. The molecule has 0 bridgehead atoms. The highest BCUT2D eigenvalue weighted by Gasteiger charge is 2.48. The minimum Gasteiger partial charge on any atom is -0.449 e. The molecule has 1 fully saturated rings. The number of hydrogen-bond donors (Lipinski definition) is 0. The topological polar surface area (TPSA) is 46.6 Å². The fourth-order valence-electron chi connectivity index (χ4n) is 2.94. The fourth-order valence-corrected chi connectivity index (χ4v) is 2.94. The Balaban J connectivity index is 2.02. The Kier molecular flexibility index (Phi) is 2.40. The van der Waals surface area contributed by atoms with Gasteiger partial charge in [0.1, 0.15) is 0 Å². The van der Waals surface area contributed by atoms with Crippen LogP contribution in [-0.2, 0) is 15.1 Å². The third-order valence-corrected chi connectivity index (χ3v) is 3.83. The minimum atomic E-state index is -0.613. The van der Waals surface area contributed by atoms with Crippen molar-refractivity contribution < 1.29 is 14.3 Å². The zero-order chi connectivity index (χ0) is 12.8. The van der Waals surface area contributed by atoms with Gasteiger partial charge in [0.2, 0.25) is 5.91 Å². The number of carbonyl (C=O) groups excluding carboxylic acids is 2. The van der Waals surface area contributed by atoms with E-state index in [2.05, 4.69) is 0 Å². The molecule has 1 amide bonds. The maximum absolute atomic E-state index is 11.9. The molecule has 0 saturated carbocycles. The normalized spacial score (nSPS) is 26.1. The van der Waals surface area contributed by atoms with Crippen molar-refractivity contribution in [3.05, 3.63) is 35.4 Å². The molecule has 1 aromatic carbocycles. The van der Waals surface area contributed by atoms with Crippen LogP contribution in [0.3, 0.4) is 0 Å². The third kappa shape index (κ3) is 1.52. The van der Waals surface area contributed by atoms with Gasteiger partial charge in [-0.3, -0.25) is 4.79 Å².